The number of carboxylic acid groups (broad SMARTS) is 1. The zero-order valence-electron chi connectivity index (χ0n) is 14.1. The second kappa shape index (κ2) is 9.22. The number of nitrogens with zero attached hydrogens (tertiary/aromatic N) is 3. The van der Waals surface area contributed by atoms with E-state index in [1.54, 1.807) is 0 Å². The summed E-state index contributed by atoms with van der Waals surface area (Å²) in [5.74, 6) is -3.85. The lowest BCUT2D eigenvalue weighted by molar-refractivity contribution is -0.142. The highest BCUT2D eigenvalue weighted by atomic mass is 16.4. The lowest BCUT2D eigenvalue weighted by atomic mass is 10.0. The van der Waals surface area contributed by atoms with Crippen LogP contribution in [-0.2, 0) is 19.2 Å². The summed E-state index contributed by atoms with van der Waals surface area (Å²) in [4.78, 5) is 66.0. The number of carbonyl (C=O) groups excluding carboxylic acids is 4. The van der Waals surface area contributed by atoms with Crippen LogP contribution >= 0.6 is 0 Å². The Labute approximate surface area is 153 Å². The van der Waals surface area contributed by atoms with E-state index in [-0.39, 0.29) is 25.3 Å². The minimum Gasteiger partial charge on any atom is -0.481 e. The van der Waals surface area contributed by atoms with Crippen LogP contribution in [0.1, 0.15) is 10.5 Å². The van der Waals surface area contributed by atoms with Crippen molar-refractivity contribution in [3.05, 3.63) is 24.3 Å². The lowest BCUT2D eigenvalue weighted by Crippen LogP contribution is -2.48. The Kier molecular flexibility index (Phi) is 6.74. The molecule has 144 valence electrons. The van der Waals surface area contributed by atoms with E-state index in [4.69, 9.17) is 5.11 Å². The van der Waals surface area contributed by atoms with Crippen molar-refractivity contribution in [1.29, 1.82) is 0 Å². The van der Waals surface area contributed by atoms with Crippen LogP contribution in [0.5, 0.6) is 0 Å². The average molecular weight is 378 g/mol. The van der Waals surface area contributed by atoms with E-state index in [2.05, 4.69) is 25.9 Å². The number of aliphatic carboxylic acids is 1. The molecule has 0 aliphatic carbocycles. The van der Waals surface area contributed by atoms with E-state index >= 15 is 0 Å². The van der Waals surface area contributed by atoms with E-state index < -0.39 is 42.2 Å². The molecule has 0 aromatic carbocycles. The summed E-state index contributed by atoms with van der Waals surface area (Å²) in [5, 5.41) is 16.2. The zero-order valence-corrected chi connectivity index (χ0v) is 14.1. The quantitative estimate of drug-likeness (QED) is 0.346. The van der Waals surface area contributed by atoms with Gasteiger partial charge in [0.25, 0.3) is 5.91 Å². The first-order valence-electron chi connectivity index (χ1n) is 7.93. The molecule has 0 saturated carbocycles. The molecule has 0 bridgehead atoms. The van der Waals surface area contributed by atoms with Gasteiger partial charge < -0.3 is 26.0 Å². The number of aromatic nitrogens is 2. The molecule has 0 spiro atoms. The molecule has 1 aliphatic rings. The molecule has 4 amide bonds. The van der Waals surface area contributed by atoms with Gasteiger partial charge in [-0.25, -0.2) is 4.98 Å². The SMILES string of the molecule is O=CN1CC(NC(=O)CNC(=O)CNC(=O)c2cnccn2)C(C(=O)O)C1. The average Bonchev–Trinajstić information content (AvgIpc) is 3.08. The third kappa shape index (κ3) is 5.73. The Bertz CT molecular complexity index is 727. The van der Waals surface area contributed by atoms with Gasteiger partial charge in [-0.1, -0.05) is 0 Å². The van der Waals surface area contributed by atoms with E-state index in [1.807, 2.05) is 0 Å². The van der Waals surface area contributed by atoms with Crippen LogP contribution < -0.4 is 16.0 Å². The minimum atomic E-state index is -1.12. The summed E-state index contributed by atoms with van der Waals surface area (Å²) >= 11 is 0. The second-order valence-electron chi connectivity index (χ2n) is 5.73. The van der Waals surface area contributed by atoms with Gasteiger partial charge in [-0.05, 0) is 0 Å². The summed E-state index contributed by atoms with van der Waals surface area (Å²) in [5.41, 5.74) is 0.0451. The lowest BCUT2D eigenvalue weighted by Gasteiger charge is -2.16. The van der Waals surface area contributed by atoms with Crippen LogP contribution in [0.3, 0.4) is 0 Å². The predicted octanol–water partition coefficient (Wildman–Crippen LogP) is -3.02. The maximum absolute atomic E-state index is 11.9. The standard InChI is InChI=1S/C15H18N6O6/c22-8-21-6-9(15(26)27)11(7-21)20-13(24)5-18-12(23)4-19-14(25)10-3-16-1-2-17-10/h1-3,8-9,11H,4-7H2,(H,18,23)(H,19,25)(H,20,24)(H,26,27). The molecule has 2 heterocycles. The molecule has 1 aliphatic heterocycles. The minimum absolute atomic E-state index is 0.00451. The van der Waals surface area contributed by atoms with Crippen molar-refractivity contribution in [3.63, 3.8) is 0 Å². The highest BCUT2D eigenvalue weighted by Crippen LogP contribution is 2.15. The van der Waals surface area contributed by atoms with Crippen LogP contribution in [0.25, 0.3) is 0 Å². The van der Waals surface area contributed by atoms with E-state index in [0.717, 1.165) is 0 Å². The highest BCUT2D eigenvalue weighted by Gasteiger charge is 2.38. The first-order valence-corrected chi connectivity index (χ1v) is 7.93. The number of nitrogens with one attached hydrogen (secondary N) is 3. The molecule has 12 nitrogen and oxygen atoms in total. The van der Waals surface area contributed by atoms with Gasteiger partial charge in [-0.2, -0.15) is 0 Å². The van der Waals surface area contributed by atoms with Crippen molar-refractivity contribution < 1.29 is 29.1 Å². The van der Waals surface area contributed by atoms with Crippen LogP contribution in [-0.4, -0.2) is 82.3 Å². The van der Waals surface area contributed by atoms with Crippen LogP contribution in [0.4, 0.5) is 0 Å². The molecule has 1 fully saturated rings. The Morgan fingerprint density at radius 1 is 1.15 bits per heavy atom. The molecule has 1 aromatic heterocycles. The van der Waals surface area contributed by atoms with Crippen molar-refractivity contribution in [1.82, 2.24) is 30.8 Å². The number of rotatable bonds is 8. The van der Waals surface area contributed by atoms with Crippen molar-refractivity contribution in [2.45, 2.75) is 6.04 Å². The largest absolute Gasteiger partial charge is 0.481 e. The molecular formula is C15H18N6O6. The summed E-state index contributed by atoms with van der Waals surface area (Å²) in [6.07, 6.45) is 4.49. The molecule has 12 heteroatoms. The fourth-order valence-electron chi connectivity index (χ4n) is 2.48. The Balaban J connectivity index is 1.73. The van der Waals surface area contributed by atoms with Gasteiger partial charge in [0, 0.05) is 25.5 Å². The Morgan fingerprint density at radius 2 is 1.89 bits per heavy atom. The second-order valence-corrected chi connectivity index (χ2v) is 5.73. The fraction of sp³-hybridized carbons (Fsp3) is 0.400. The molecule has 1 saturated heterocycles. The van der Waals surface area contributed by atoms with E-state index in [1.165, 1.54) is 23.5 Å². The van der Waals surface area contributed by atoms with E-state index in [0.29, 0.717) is 6.41 Å². The maximum atomic E-state index is 11.9. The van der Waals surface area contributed by atoms with Gasteiger partial charge >= 0.3 is 5.97 Å². The summed E-state index contributed by atoms with van der Waals surface area (Å²) < 4.78 is 0. The first-order chi connectivity index (χ1) is 12.9. The van der Waals surface area contributed by atoms with E-state index in [9.17, 15) is 24.0 Å². The third-order valence-electron chi connectivity index (χ3n) is 3.81. The topological polar surface area (TPSA) is 171 Å². The molecule has 27 heavy (non-hydrogen) atoms. The molecule has 1 aromatic rings. The summed E-state index contributed by atoms with van der Waals surface area (Å²) in [6, 6.07) is -0.742. The summed E-state index contributed by atoms with van der Waals surface area (Å²) in [7, 11) is 0. The van der Waals surface area contributed by atoms with Crippen LogP contribution in [0.2, 0.25) is 0 Å². The monoisotopic (exact) mass is 378 g/mol. The number of hydrogen-bond acceptors (Lipinski definition) is 7. The number of carbonyl (C=O) groups is 5. The molecular weight excluding hydrogens is 360 g/mol. The van der Waals surface area contributed by atoms with Crippen molar-refractivity contribution >= 4 is 30.1 Å². The predicted molar refractivity (Wildman–Crippen MR) is 88.1 cm³/mol. The third-order valence-corrected chi connectivity index (χ3v) is 3.81. The maximum Gasteiger partial charge on any atom is 0.310 e. The van der Waals surface area contributed by atoms with Crippen LogP contribution in [0, 0.1) is 5.92 Å². The smallest absolute Gasteiger partial charge is 0.310 e. The molecule has 2 rings (SSSR count). The van der Waals surface area contributed by atoms with Gasteiger partial charge in [0.05, 0.1) is 31.2 Å². The van der Waals surface area contributed by atoms with Gasteiger partial charge in [-0.3, -0.25) is 29.0 Å². The highest BCUT2D eigenvalue weighted by molar-refractivity contribution is 5.95. The molecule has 4 N–H and O–H groups in total. The number of carboxylic acids is 1. The number of likely N-dealkylation sites (tertiary alicyclic amines) is 1. The van der Waals surface area contributed by atoms with Crippen molar-refractivity contribution in [2.75, 3.05) is 26.2 Å². The molecule has 2 unspecified atom stereocenters. The Morgan fingerprint density at radius 3 is 2.52 bits per heavy atom. The van der Waals surface area contributed by atoms with Gasteiger partial charge in [0.1, 0.15) is 5.69 Å². The normalized spacial score (nSPS) is 18.4. The zero-order chi connectivity index (χ0) is 19.8. The summed E-state index contributed by atoms with van der Waals surface area (Å²) in [6.45, 7) is -0.689. The molecule has 2 atom stereocenters. The number of amides is 4. The van der Waals surface area contributed by atoms with Gasteiger partial charge in [0.15, 0.2) is 0 Å². The van der Waals surface area contributed by atoms with Gasteiger partial charge in [-0.15, -0.1) is 0 Å². The van der Waals surface area contributed by atoms with Crippen molar-refractivity contribution in [2.24, 2.45) is 5.92 Å². The van der Waals surface area contributed by atoms with Crippen molar-refractivity contribution in [3.8, 4) is 0 Å². The fourth-order valence-corrected chi connectivity index (χ4v) is 2.48. The van der Waals surface area contributed by atoms with Gasteiger partial charge in [0.2, 0.25) is 18.2 Å². The van der Waals surface area contributed by atoms with Crippen LogP contribution in [0.15, 0.2) is 18.6 Å². The molecule has 0 radical (unpaired) electrons. The number of hydrogen-bond donors (Lipinski definition) is 4. The Hall–Kier alpha value is -3.57. The first kappa shape index (κ1) is 19.8.